The second-order valence-corrected chi connectivity index (χ2v) is 14.7. The van der Waals surface area contributed by atoms with E-state index in [0.717, 1.165) is 41.6 Å². The highest BCUT2D eigenvalue weighted by molar-refractivity contribution is 5.98. The van der Waals surface area contributed by atoms with Crippen molar-refractivity contribution in [3.05, 3.63) is 108 Å². The van der Waals surface area contributed by atoms with Gasteiger partial charge in [-0.15, -0.1) is 0 Å². The molecule has 3 aromatic carbocycles. The molecule has 0 aliphatic carbocycles. The van der Waals surface area contributed by atoms with Crippen molar-refractivity contribution < 1.29 is 33.4 Å². The van der Waals surface area contributed by atoms with Gasteiger partial charge in [-0.3, -0.25) is 14.4 Å². The van der Waals surface area contributed by atoms with E-state index in [4.69, 9.17) is 4.74 Å². The lowest BCUT2D eigenvalue weighted by Gasteiger charge is -2.28. The number of methoxy groups -OCH3 is 2. The number of alkyl carbamates (subject to hydrolysis) is 2. The highest BCUT2D eigenvalue weighted by Crippen LogP contribution is 2.34. The van der Waals surface area contributed by atoms with Gasteiger partial charge in [0.25, 0.3) is 0 Å². The number of ether oxygens (including phenoxy) is 2. The van der Waals surface area contributed by atoms with E-state index in [1.54, 1.807) is 22.9 Å². The van der Waals surface area contributed by atoms with Crippen molar-refractivity contribution in [2.24, 2.45) is 0 Å². The molecule has 4 N–H and O–H groups in total. The SMILES string of the molecule is CCC(NC(=O)OC)C(=O)N1CCCC1C(=O)Nc1ccc(CC(c2ccccc2)c2ccc(-c3cnc(C4CCCN4C(=O)C(CC)NC(=O)OC)[nH]3)cc2)cc1. The van der Waals surface area contributed by atoms with Crippen LogP contribution in [0.15, 0.2) is 85.1 Å². The number of imidazole rings is 1. The van der Waals surface area contributed by atoms with E-state index < -0.39 is 30.3 Å². The van der Waals surface area contributed by atoms with Crippen LogP contribution in [0.1, 0.15) is 86.8 Å². The molecule has 14 nitrogen and oxygen atoms in total. The van der Waals surface area contributed by atoms with Crippen LogP contribution in [0.2, 0.25) is 0 Å². The van der Waals surface area contributed by atoms with E-state index >= 15 is 0 Å². The van der Waals surface area contributed by atoms with Crippen LogP contribution in [0.25, 0.3) is 11.3 Å². The minimum absolute atomic E-state index is 0.0550. The number of carbonyl (C=O) groups is 5. The van der Waals surface area contributed by atoms with Crippen LogP contribution in [-0.2, 0) is 30.3 Å². The predicted molar refractivity (Wildman–Crippen MR) is 219 cm³/mol. The summed E-state index contributed by atoms with van der Waals surface area (Å²) in [6.07, 6.45) is 4.89. The number of aromatic amines is 1. The van der Waals surface area contributed by atoms with E-state index in [-0.39, 0.29) is 29.7 Å². The predicted octanol–water partition coefficient (Wildman–Crippen LogP) is 6.31. The van der Waals surface area contributed by atoms with Crippen molar-refractivity contribution >= 4 is 35.6 Å². The maximum atomic E-state index is 13.4. The van der Waals surface area contributed by atoms with Gasteiger partial charge in [0.1, 0.15) is 23.9 Å². The number of H-pyrrole nitrogens is 1. The third kappa shape index (κ3) is 9.67. The minimum Gasteiger partial charge on any atom is -0.453 e. The zero-order valence-corrected chi connectivity index (χ0v) is 33.5. The Morgan fingerprint density at radius 2 is 1.34 bits per heavy atom. The third-order valence-corrected chi connectivity index (χ3v) is 11.1. The Bertz CT molecular complexity index is 2040. The molecule has 2 aliphatic rings. The van der Waals surface area contributed by atoms with Gasteiger partial charge in [-0.2, -0.15) is 0 Å². The van der Waals surface area contributed by atoms with Gasteiger partial charge in [0.2, 0.25) is 17.7 Å². The molecule has 4 aromatic rings. The van der Waals surface area contributed by atoms with Gasteiger partial charge in [0, 0.05) is 24.7 Å². The number of benzene rings is 3. The molecule has 5 atom stereocenters. The van der Waals surface area contributed by atoms with E-state index in [1.807, 2.05) is 49.4 Å². The van der Waals surface area contributed by atoms with Crippen LogP contribution in [0.4, 0.5) is 15.3 Å². The number of hydrogen-bond donors (Lipinski definition) is 4. The van der Waals surface area contributed by atoms with E-state index in [1.165, 1.54) is 19.8 Å². The first-order chi connectivity index (χ1) is 28.1. The summed E-state index contributed by atoms with van der Waals surface area (Å²) >= 11 is 0. The van der Waals surface area contributed by atoms with E-state index in [2.05, 4.69) is 67.1 Å². The molecule has 1 aromatic heterocycles. The van der Waals surface area contributed by atoms with Gasteiger partial charge in [-0.25, -0.2) is 14.6 Å². The van der Waals surface area contributed by atoms with E-state index in [9.17, 15) is 24.0 Å². The number of carbonyl (C=O) groups excluding carboxylic acids is 5. The summed E-state index contributed by atoms with van der Waals surface area (Å²) in [6, 6.07) is 24.3. The van der Waals surface area contributed by atoms with E-state index in [0.29, 0.717) is 50.3 Å². The Labute approximate surface area is 339 Å². The number of nitrogens with one attached hydrogen (secondary N) is 4. The van der Waals surface area contributed by atoms with Crippen LogP contribution in [-0.4, -0.2) is 95.1 Å². The fourth-order valence-corrected chi connectivity index (χ4v) is 7.94. The molecule has 0 saturated carbocycles. The van der Waals surface area contributed by atoms with Crippen molar-refractivity contribution in [3.63, 3.8) is 0 Å². The van der Waals surface area contributed by atoms with Gasteiger partial charge in [-0.05, 0) is 79.3 Å². The molecule has 5 unspecified atom stereocenters. The van der Waals surface area contributed by atoms with Gasteiger partial charge in [-0.1, -0.05) is 80.6 Å². The number of amides is 5. The lowest BCUT2D eigenvalue weighted by atomic mass is 9.85. The Kier molecular flexibility index (Phi) is 13.8. The number of hydrogen-bond acceptors (Lipinski definition) is 8. The average molecular weight is 792 g/mol. The number of nitrogens with zero attached hydrogens (tertiary/aromatic N) is 3. The van der Waals surface area contributed by atoms with Gasteiger partial charge >= 0.3 is 12.2 Å². The first-order valence-electron chi connectivity index (χ1n) is 20.0. The second kappa shape index (κ2) is 19.3. The summed E-state index contributed by atoms with van der Waals surface area (Å²) in [7, 11) is 2.53. The van der Waals surface area contributed by atoms with Crippen LogP contribution < -0.4 is 16.0 Å². The molecule has 6 rings (SSSR count). The van der Waals surface area contributed by atoms with Gasteiger partial charge in [0.15, 0.2) is 0 Å². The maximum absolute atomic E-state index is 13.4. The molecule has 2 saturated heterocycles. The number of aromatic nitrogens is 2. The second-order valence-electron chi connectivity index (χ2n) is 14.7. The first kappa shape index (κ1) is 41.5. The number of likely N-dealkylation sites (tertiary alicyclic amines) is 2. The molecule has 58 heavy (non-hydrogen) atoms. The molecule has 0 bridgehead atoms. The van der Waals surface area contributed by atoms with Crippen molar-refractivity contribution in [1.29, 1.82) is 0 Å². The molecule has 3 heterocycles. The van der Waals surface area contributed by atoms with Crippen molar-refractivity contribution in [2.45, 2.75) is 88.9 Å². The number of anilines is 1. The topological polar surface area (TPSA) is 175 Å². The molecular weight excluding hydrogens is 739 g/mol. The van der Waals surface area contributed by atoms with Crippen LogP contribution in [0.5, 0.6) is 0 Å². The molecule has 0 radical (unpaired) electrons. The average Bonchev–Trinajstić information content (AvgIpc) is 4.06. The molecule has 2 fully saturated rings. The van der Waals surface area contributed by atoms with Crippen molar-refractivity contribution in [1.82, 2.24) is 30.4 Å². The van der Waals surface area contributed by atoms with Crippen molar-refractivity contribution in [3.8, 4) is 11.3 Å². The maximum Gasteiger partial charge on any atom is 0.407 e. The van der Waals surface area contributed by atoms with Crippen molar-refractivity contribution in [2.75, 3.05) is 32.6 Å². The minimum atomic E-state index is -0.766. The molecule has 14 heteroatoms. The third-order valence-electron chi connectivity index (χ3n) is 11.1. The fraction of sp³-hybridized carbons (Fsp3) is 0.409. The molecule has 0 spiro atoms. The highest BCUT2D eigenvalue weighted by atomic mass is 16.5. The standard InChI is InChI=1S/C44H53N7O7/c1-5-34(48-43(55)57-3)41(53)50-24-10-14-37(50)39-45-27-36(47-39)31-20-18-30(19-21-31)33(29-12-8-7-9-13-29)26-28-16-22-32(23-17-28)46-40(52)38-15-11-25-51(38)42(54)35(6-2)49-44(56)58-4/h7-9,12-13,16-23,27,33-35,37-38H,5-6,10-11,14-15,24-26H2,1-4H3,(H,45,47)(H,46,52)(H,48,55)(H,49,56). The van der Waals surface area contributed by atoms with Gasteiger partial charge < -0.3 is 40.2 Å². The normalized spacial score (nSPS) is 17.9. The van der Waals surface area contributed by atoms with Crippen LogP contribution in [0, 0.1) is 0 Å². The summed E-state index contributed by atoms with van der Waals surface area (Å²) < 4.78 is 9.39. The Morgan fingerprint density at radius 3 is 1.97 bits per heavy atom. The Balaban J connectivity index is 1.12. The zero-order chi connectivity index (χ0) is 41.2. The summed E-state index contributed by atoms with van der Waals surface area (Å²) in [5.41, 5.74) is 5.86. The number of rotatable bonds is 14. The monoisotopic (exact) mass is 791 g/mol. The fourth-order valence-electron chi connectivity index (χ4n) is 7.94. The van der Waals surface area contributed by atoms with Crippen LogP contribution in [0.3, 0.4) is 0 Å². The lowest BCUT2D eigenvalue weighted by molar-refractivity contribution is -0.138. The summed E-state index contributed by atoms with van der Waals surface area (Å²) in [5.74, 6) is 0.0685. The molecule has 2 aliphatic heterocycles. The van der Waals surface area contributed by atoms with Crippen LogP contribution >= 0.6 is 0 Å². The Hall–Kier alpha value is -6.18. The Morgan fingerprint density at radius 1 is 0.759 bits per heavy atom. The first-order valence-corrected chi connectivity index (χ1v) is 20.0. The summed E-state index contributed by atoms with van der Waals surface area (Å²) in [5, 5.41) is 8.22. The highest BCUT2D eigenvalue weighted by Gasteiger charge is 2.38. The molecule has 306 valence electrons. The molecule has 5 amide bonds. The summed E-state index contributed by atoms with van der Waals surface area (Å²) in [6.45, 7) is 4.69. The molecular formula is C44H53N7O7. The zero-order valence-electron chi connectivity index (χ0n) is 33.5. The lowest BCUT2D eigenvalue weighted by Crippen LogP contribution is -2.52. The quantitative estimate of drug-likeness (QED) is 0.115. The largest absolute Gasteiger partial charge is 0.453 e. The van der Waals surface area contributed by atoms with Gasteiger partial charge in [0.05, 0.1) is 32.2 Å². The smallest absolute Gasteiger partial charge is 0.407 e. The summed E-state index contributed by atoms with van der Waals surface area (Å²) in [4.78, 5) is 75.2.